The zero-order valence-corrected chi connectivity index (χ0v) is 15.7. The molecule has 134 valence electrons. The number of hydrogen-bond donors (Lipinski definition) is 2. The van der Waals surface area contributed by atoms with E-state index in [0.29, 0.717) is 5.92 Å². The average molecular weight is 332 g/mol. The molecule has 1 aliphatic heterocycles. The minimum absolute atomic E-state index is 0.0355. The lowest BCUT2D eigenvalue weighted by Crippen LogP contribution is -2.51. The first-order valence-electron chi connectivity index (χ1n) is 9.03. The van der Waals surface area contributed by atoms with Gasteiger partial charge in [-0.1, -0.05) is 39.0 Å². The highest BCUT2D eigenvalue weighted by atomic mass is 16.3. The Kier molecular flexibility index (Phi) is 6.05. The van der Waals surface area contributed by atoms with Crippen LogP contribution in [-0.2, 0) is 4.79 Å². The van der Waals surface area contributed by atoms with Crippen LogP contribution in [0, 0.1) is 12.3 Å². The SMILES string of the molecule is Cc1cccc(C(C)C)c1NC(=O)C(C)N1CCCC(C)(CO)C1. The summed E-state index contributed by atoms with van der Waals surface area (Å²) >= 11 is 0. The number of aliphatic hydroxyl groups excluding tert-OH is 1. The van der Waals surface area contributed by atoms with E-state index in [1.165, 1.54) is 5.56 Å². The summed E-state index contributed by atoms with van der Waals surface area (Å²) in [5.74, 6) is 0.400. The number of piperidine rings is 1. The van der Waals surface area contributed by atoms with Crippen LogP contribution in [0.5, 0.6) is 0 Å². The summed E-state index contributed by atoms with van der Waals surface area (Å²) in [6.07, 6.45) is 2.04. The van der Waals surface area contributed by atoms with Crippen LogP contribution in [0.1, 0.15) is 57.6 Å². The molecule has 24 heavy (non-hydrogen) atoms. The lowest BCUT2D eigenvalue weighted by molar-refractivity contribution is -0.122. The van der Waals surface area contributed by atoms with Crippen molar-refractivity contribution in [1.29, 1.82) is 0 Å². The third-order valence-electron chi connectivity index (χ3n) is 5.29. The molecule has 1 aromatic rings. The van der Waals surface area contributed by atoms with Crippen LogP contribution in [0.2, 0.25) is 0 Å². The van der Waals surface area contributed by atoms with Crippen LogP contribution < -0.4 is 5.32 Å². The Balaban J connectivity index is 2.13. The summed E-state index contributed by atoms with van der Waals surface area (Å²) in [5.41, 5.74) is 3.12. The molecule has 0 spiro atoms. The van der Waals surface area contributed by atoms with Crippen molar-refractivity contribution in [3.05, 3.63) is 29.3 Å². The van der Waals surface area contributed by atoms with E-state index in [-0.39, 0.29) is 24.0 Å². The van der Waals surface area contributed by atoms with Gasteiger partial charge in [0.05, 0.1) is 6.04 Å². The van der Waals surface area contributed by atoms with Crippen LogP contribution in [-0.4, -0.2) is 41.7 Å². The topological polar surface area (TPSA) is 52.6 Å². The molecule has 4 heteroatoms. The number of benzene rings is 1. The molecule has 1 aliphatic rings. The summed E-state index contributed by atoms with van der Waals surface area (Å²) in [7, 11) is 0. The van der Waals surface area contributed by atoms with Crippen molar-refractivity contribution in [2.45, 2.75) is 59.4 Å². The number of nitrogens with one attached hydrogen (secondary N) is 1. The number of para-hydroxylation sites is 1. The van der Waals surface area contributed by atoms with Gasteiger partial charge in [-0.05, 0) is 50.3 Å². The van der Waals surface area contributed by atoms with E-state index in [4.69, 9.17) is 0 Å². The molecule has 1 saturated heterocycles. The number of rotatable bonds is 5. The molecule has 1 heterocycles. The van der Waals surface area contributed by atoms with Gasteiger partial charge in [0.15, 0.2) is 0 Å². The number of aliphatic hydroxyl groups is 1. The standard InChI is InChI=1S/C20H32N2O2/c1-14(2)17-9-6-8-15(3)18(17)21-19(24)16(4)22-11-7-10-20(5,12-22)13-23/h6,8-9,14,16,23H,7,10-13H2,1-5H3,(H,21,24). The van der Waals surface area contributed by atoms with E-state index >= 15 is 0 Å². The fraction of sp³-hybridized carbons (Fsp3) is 0.650. The molecule has 0 radical (unpaired) electrons. The van der Waals surface area contributed by atoms with Crippen molar-refractivity contribution in [2.75, 3.05) is 25.0 Å². The van der Waals surface area contributed by atoms with Crippen molar-refractivity contribution in [3.8, 4) is 0 Å². The third-order valence-corrected chi connectivity index (χ3v) is 5.29. The maximum atomic E-state index is 12.8. The lowest BCUT2D eigenvalue weighted by Gasteiger charge is -2.41. The van der Waals surface area contributed by atoms with Crippen molar-refractivity contribution in [1.82, 2.24) is 4.90 Å². The molecule has 0 aromatic heterocycles. The van der Waals surface area contributed by atoms with Gasteiger partial charge in [0.25, 0.3) is 0 Å². The highest BCUT2D eigenvalue weighted by Crippen LogP contribution is 2.31. The Morgan fingerprint density at radius 1 is 1.38 bits per heavy atom. The van der Waals surface area contributed by atoms with Crippen LogP contribution in [0.3, 0.4) is 0 Å². The predicted molar refractivity (Wildman–Crippen MR) is 99.4 cm³/mol. The number of amides is 1. The number of carbonyl (C=O) groups excluding carboxylic acids is 1. The van der Waals surface area contributed by atoms with Crippen LogP contribution in [0.25, 0.3) is 0 Å². The van der Waals surface area contributed by atoms with Gasteiger partial charge in [0, 0.05) is 24.3 Å². The minimum atomic E-state index is -0.198. The molecule has 0 saturated carbocycles. The second-order valence-corrected chi connectivity index (χ2v) is 7.90. The zero-order valence-electron chi connectivity index (χ0n) is 15.7. The predicted octanol–water partition coefficient (Wildman–Crippen LogP) is 3.54. The highest BCUT2D eigenvalue weighted by Gasteiger charge is 2.34. The number of aryl methyl sites for hydroxylation is 1. The maximum Gasteiger partial charge on any atom is 0.241 e. The van der Waals surface area contributed by atoms with Crippen molar-refractivity contribution < 1.29 is 9.90 Å². The Morgan fingerprint density at radius 2 is 2.08 bits per heavy atom. The second kappa shape index (κ2) is 7.66. The maximum absolute atomic E-state index is 12.8. The van der Waals surface area contributed by atoms with E-state index in [0.717, 1.165) is 37.2 Å². The summed E-state index contributed by atoms with van der Waals surface area (Å²) in [5, 5.41) is 12.8. The molecule has 2 atom stereocenters. The van der Waals surface area contributed by atoms with Gasteiger partial charge in [-0.25, -0.2) is 0 Å². The molecule has 1 fully saturated rings. The van der Waals surface area contributed by atoms with E-state index in [2.05, 4.69) is 37.1 Å². The lowest BCUT2D eigenvalue weighted by atomic mass is 9.82. The van der Waals surface area contributed by atoms with Crippen LogP contribution >= 0.6 is 0 Å². The fourth-order valence-corrected chi connectivity index (χ4v) is 3.55. The molecular formula is C20H32N2O2. The van der Waals surface area contributed by atoms with E-state index in [9.17, 15) is 9.90 Å². The van der Waals surface area contributed by atoms with E-state index in [1.54, 1.807) is 0 Å². The normalized spacial score (nSPS) is 23.3. The molecule has 1 aromatic carbocycles. The molecular weight excluding hydrogens is 300 g/mol. The van der Waals surface area contributed by atoms with Gasteiger partial charge in [0.2, 0.25) is 5.91 Å². The average Bonchev–Trinajstić information content (AvgIpc) is 2.55. The smallest absolute Gasteiger partial charge is 0.241 e. The monoisotopic (exact) mass is 332 g/mol. The second-order valence-electron chi connectivity index (χ2n) is 7.90. The largest absolute Gasteiger partial charge is 0.396 e. The Labute approximate surface area is 146 Å². The van der Waals surface area contributed by atoms with Gasteiger partial charge in [0.1, 0.15) is 0 Å². The molecule has 2 unspecified atom stereocenters. The number of hydrogen-bond acceptors (Lipinski definition) is 3. The van der Waals surface area contributed by atoms with E-state index < -0.39 is 0 Å². The summed E-state index contributed by atoms with van der Waals surface area (Å²) < 4.78 is 0. The first-order chi connectivity index (χ1) is 11.3. The molecule has 4 nitrogen and oxygen atoms in total. The Morgan fingerprint density at radius 3 is 2.71 bits per heavy atom. The number of carbonyl (C=O) groups is 1. The number of nitrogens with zero attached hydrogens (tertiary/aromatic N) is 1. The Bertz CT molecular complexity index is 585. The first kappa shape index (κ1) is 18.9. The zero-order chi connectivity index (χ0) is 17.9. The van der Waals surface area contributed by atoms with Crippen molar-refractivity contribution >= 4 is 11.6 Å². The molecule has 0 bridgehead atoms. The van der Waals surface area contributed by atoms with Gasteiger partial charge < -0.3 is 10.4 Å². The summed E-state index contributed by atoms with van der Waals surface area (Å²) in [4.78, 5) is 15.0. The molecule has 1 amide bonds. The van der Waals surface area contributed by atoms with Gasteiger partial charge in [-0.3, -0.25) is 9.69 Å². The Hall–Kier alpha value is -1.39. The van der Waals surface area contributed by atoms with Gasteiger partial charge >= 0.3 is 0 Å². The van der Waals surface area contributed by atoms with E-state index in [1.807, 2.05) is 26.0 Å². The molecule has 2 N–H and O–H groups in total. The number of likely N-dealkylation sites (tertiary alicyclic amines) is 1. The summed E-state index contributed by atoms with van der Waals surface area (Å²) in [6.45, 7) is 12.2. The first-order valence-corrected chi connectivity index (χ1v) is 9.03. The van der Waals surface area contributed by atoms with Crippen LogP contribution in [0.4, 0.5) is 5.69 Å². The molecule has 2 rings (SSSR count). The minimum Gasteiger partial charge on any atom is -0.396 e. The quantitative estimate of drug-likeness (QED) is 0.867. The van der Waals surface area contributed by atoms with Crippen molar-refractivity contribution in [3.63, 3.8) is 0 Å². The third kappa shape index (κ3) is 4.17. The fourth-order valence-electron chi connectivity index (χ4n) is 3.55. The van der Waals surface area contributed by atoms with Crippen LogP contribution in [0.15, 0.2) is 18.2 Å². The van der Waals surface area contributed by atoms with Gasteiger partial charge in [-0.2, -0.15) is 0 Å². The summed E-state index contributed by atoms with van der Waals surface area (Å²) in [6, 6.07) is 5.97. The number of anilines is 1. The van der Waals surface area contributed by atoms with Crippen molar-refractivity contribution in [2.24, 2.45) is 5.41 Å². The van der Waals surface area contributed by atoms with Gasteiger partial charge in [-0.15, -0.1) is 0 Å². The molecule has 0 aliphatic carbocycles. The highest BCUT2D eigenvalue weighted by molar-refractivity contribution is 5.96.